The van der Waals surface area contributed by atoms with E-state index in [1.807, 2.05) is 6.66 Å². The van der Waals surface area contributed by atoms with Crippen molar-refractivity contribution >= 4 is 8.38 Å². The smallest absolute Gasteiger partial charge is 0.166 e. The fourth-order valence-corrected chi connectivity index (χ4v) is 0.666. The molecule has 0 aromatic rings. The zero-order chi connectivity index (χ0) is 6.41. The van der Waals surface area contributed by atoms with Crippen LogP contribution in [0.1, 0.15) is 0 Å². The van der Waals surface area contributed by atoms with Gasteiger partial charge < -0.3 is 14.2 Å². The zero-order valence-electron chi connectivity index (χ0n) is 5.13. The van der Waals surface area contributed by atoms with E-state index < -0.39 is 8.38 Å². The zero-order valence-corrected chi connectivity index (χ0v) is 6.02. The maximum Gasteiger partial charge on any atom is 0.166 e. The van der Waals surface area contributed by atoms with Gasteiger partial charge in [0.1, 0.15) is 0 Å². The summed E-state index contributed by atoms with van der Waals surface area (Å²) in [6.07, 6.45) is 0. The van der Waals surface area contributed by atoms with E-state index >= 15 is 0 Å². The molecule has 1 N–H and O–H groups in total. The number of hydrogen-bond acceptors (Lipinski definition) is 3. The van der Waals surface area contributed by atoms with Crippen molar-refractivity contribution in [3.8, 4) is 0 Å². The van der Waals surface area contributed by atoms with E-state index in [0.29, 0.717) is 6.61 Å². The van der Waals surface area contributed by atoms with Crippen LogP contribution < -0.4 is 0 Å². The van der Waals surface area contributed by atoms with Gasteiger partial charge in [-0.25, -0.2) is 0 Å². The third-order valence-electron chi connectivity index (χ3n) is 0.621. The monoisotopic (exact) mass is 138 g/mol. The number of hydrogen-bond donors (Lipinski definition) is 1. The van der Waals surface area contributed by atoms with Crippen LogP contribution in [0.25, 0.3) is 0 Å². The first-order valence-electron chi connectivity index (χ1n) is 2.33. The van der Waals surface area contributed by atoms with E-state index in [0.717, 1.165) is 0 Å². The lowest BCUT2D eigenvalue weighted by atomic mass is 10.8. The Morgan fingerprint density at radius 3 is 2.62 bits per heavy atom. The van der Waals surface area contributed by atoms with Gasteiger partial charge in [-0.1, -0.05) is 0 Å². The van der Waals surface area contributed by atoms with Crippen LogP contribution in [0, 0.1) is 0 Å². The molecule has 0 aliphatic rings. The lowest BCUT2D eigenvalue weighted by Crippen LogP contribution is -1.94. The predicted octanol–water partition coefficient (Wildman–Crippen LogP) is 0.583. The van der Waals surface area contributed by atoms with Gasteiger partial charge in [-0.15, -0.1) is 0 Å². The maximum absolute atomic E-state index is 8.24. The summed E-state index contributed by atoms with van der Waals surface area (Å²) in [6.45, 7) is 2.27. The first-order chi connectivity index (χ1) is 3.81. The van der Waals surface area contributed by atoms with Crippen LogP contribution in [0.15, 0.2) is 0 Å². The molecule has 0 fully saturated rings. The van der Waals surface area contributed by atoms with E-state index in [2.05, 4.69) is 0 Å². The summed E-state index contributed by atoms with van der Waals surface area (Å²) >= 11 is 0. The second-order valence-corrected chi connectivity index (χ2v) is 2.68. The summed E-state index contributed by atoms with van der Waals surface area (Å²) in [5.74, 6) is 0. The van der Waals surface area contributed by atoms with Crippen LogP contribution in [0.2, 0.25) is 0 Å². The highest BCUT2D eigenvalue weighted by atomic mass is 31.2. The molecule has 0 bridgehead atoms. The van der Waals surface area contributed by atoms with E-state index in [1.54, 1.807) is 7.11 Å². The van der Waals surface area contributed by atoms with Crippen molar-refractivity contribution in [1.82, 2.24) is 0 Å². The van der Waals surface area contributed by atoms with Gasteiger partial charge in [0.15, 0.2) is 8.38 Å². The number of aliphatic hydroxyl groups is 1. The van der Waals surface area contributed by atoms with Crippen molar-refractivity contribution in [3.05, 3.63) is 0 Å². The molecule has 0 aliphatic carbocycles. The topological polar surface area (TPSA) is 38.7 Å². The van der Waals surface area contributed by atoms with Crippen molar-refractivity contribution in [2.24, 2.45) is 0 Å². The minimum absolute atomic E-state index is 0.0655. The van der Waals surface area contributed by atoms with E-state index in [9.17, 15) is 0 Å². The van der Waals surface area contributed by atoms with Gasteiger partial charge >= 0.3 is 0 Å². The van der Waals surface area contributed by atoms with Gasteiger partial charge in [0.2, 0.25) is 0 Å². The van der Waals surface area contributed by atoms with Crippen LogP contribution in [0.4, 0.5) is 0 Å². The second kappa shape index (κ2) is 5.45. The third kappa shape index (κ3) is 4.47. The molecule has 0 aromatic heterocycles. The molecular formula is C4H11O3P. The molecule has 0 aromatic carbocycles. The molecule has 0 spiro atoms. The Kier molecular flexibility index (Phi) is 5.66. The summed E-state index contributed by atoms with van der Waals surface area (Å²) in [6, 6.07) is 0. The van der Waals surface area contributed by atoms with Crippen molar-refractivity contribution < 1.29 is 14.2 Å². The largest absolute Gasteiger partial charge is 0.394 e. The molecule has 50 valence electrons. The Morgan fingerprint density at radius 2 is 2.25 bits per heavy atom. The molecular weight excluding hydrogens is 127 g/mol. The molecule has 0 amide bonds. The van der Waals surface area contributed by atoms with Gasteiger partial charge in [-0.05, 0) is 0 Å². The van der Waals surface area contributed by atoms with Gasteiger partial charge in [0.05, 0.1) is 13.2 Å². The van der Waals surface area contributed by atoms with E-state index in [1.165, 1.54) is 0 Å². The van der Waals surface area contributed by atoms with Crippen LogP contribution in [-0.2, 0) is 9.05 Å². The standard InChI is InChI=1S/C4H11O3P/c1-6-8(2)7-4-3-5/h5H,3-4H2,1-2H3. The fraction of sp³-hybridized carbons (Fsp3) is 1.00. The number of aliphatic hydroxyl groups excluding tert-OH is 1. The normalized spacial score (nSPS) is 13.9. The van der Waals surface area contributed by atoms with Gasteiger partial charge in [-0.3, -0.25) is 0 Å². The summed E-state index contributed by atoms with van der Waals surface area (Å²) in [5.41, 5.74) is 0. The molecule has 0 aliphatic heterocycles. The summed E-state index contributed by atoms with van der Waals surface area (Å²) in [4.78, 5) is 0. The summed E-state index contributed by atoms with van der Waals surface area (Å²) in [5, 5.41) is 8.24. The Labute approximate surface area is 50.5 Å². The molecule has 0 radical (unpaired) electrons. The van der Waals surface area contributed by atoms with Gasteiger partial charge in [0.25, 0.3) is 0 Å². The first kappa shape index (κ1) is 8.31. The molecule has 8 heavy (non-hydrogen) atoms. The van der Waals surface area contributed by atoms with Crippen LogP contribution >= 0.6 is 8.38 Å². The Bertz CT molecular complexity index is 50.5. The molecule has 0 rings (SSSR count). The van der Waals surface area contributed by atoms with Crippen molar-refractivity contribution in [2.75, 3.05) is 27.0 Å². The van der Waals surface area contributed by atoms with Crippen LogP contribution in [-0.4, -0.2) is 32.1 Å². The molecule has 0 heterocycles. The molecule has 4 heteroatoms. The Balaban J connectivity index is 2.86. The molecule has 1 unspecified atom stereocenters. The minimum atomic E-state index is -0.744. The summed E-state index contributed by atoms with van der Waals surface area (Å²) < 4.78 is 9.72. The number of rotatable bonds is 4. The average Bonchev–Trinajstić information content (AvgIpc) is 1.83. The van der Waals surface area contributed by atoms with Crippen molar-refractivity contribution in [1.29, 1.82) is 0 Å². The maximum atomic E-state index is 8.24. The molecule has 0 saturated carbocycles. The lowest BCUT2D eigenvalue weighted by molar-refractivity contribution is 0.196. The fourth-order valence-electron chi connectivity index (χ4n) is 0.222. The quantitative estimate of drug-likeness (QED) is 0.577. The predicted molar refractivity (Wildman–Crippen MR) is 32.9 cm³/mol. The molecule has 1 atom stereocenters. The Hall–Kier alpha value is 0.310. The van der Waals surface area contributed by atoms with Crippen molar-refractivity contribution in [2.45, 2.75) is 0 Å². The highest BCUT2D eigenvalue weighted by Gasteiger charge is 1.95. The first-order valence-corrected chi connectivity index (χ1v) is 3.95. The Morgan fingerprint density at radius 1 is 1.62 bits per heavy atom. The average molecular weight is 138 g/mol. The van der Waals surface area contributed by atoms with E-state index in [-0.39, 0.29) is 6.61 Å². The highest BCUT2D eigenvalue weighted by Crippen LogP contribution is 2.30. The minimum Gasteiger partial charge on any atom is -0.394 e. The molecule has 0 saturated heterocycles. The van der Waals surface area contributed by atoms with Crippen LogP contribution in [0.5, 0.6) is 0 Å². The van der Waals surface area contributed by atoms with Crippen LogP contribution in [0.3, 0.4) is 0 Å². The van der Waals surface area contributed by atoms with E-state index in [4.69, 9.17) is 14.2 Å². The third-order valence-corrected chi connectivity index (χ3v) is 1.68. The second-order valence-electron chi connectivity index (χ2n) is 1.18. The van der Waals surface area contributed by atoms with Gasteiger partial charge in [0, 0.05) is 13.8 Å². The van der Waals surface area contributed by atoms with Gasteiger partial charge in [-0.2, -0.15) is 0 Å². The highest BCUT2D eigenvalue weighted by molar-refractivity contribution is 7.46. The van der Waals surface area contributed by atoms with Crippen molar-refractivity contribution in [3.63, 3.8) is 0 Å². The molecule has 3 nitrogen and oxygen atoms in total. The summed E-state index contributed by atoms with van der Waals surface area (Å²) in [7, 11) is 0.842. The lowest BCUT2D eigenvalue weighted by Gasteiger charge is -2.06. The SMILES string of the molecule is COP(C)OCCO.